The number of benzene rings is 2. The van der Waals surface area contributed by atoms with Crippen molar-refractivity contribution in [3.63, 3.8) is 0 Å². The average Bonchev–Trinajstić information content (AvgIpc) is 3.13. The van der Waals surface area contributed by atoms with Crippen molar-refractivity contribution >= 4 is 18.0 Å². The van der Waals surface area contributed by atoms with Crippen LogP contribution in [0.25, 0.3) is 11.1 Å². The van der Waals surface area contributed by atoms with Gasteiger partial charge in [0.05, 0.1) is 6.42 Å². The Bertz CT molecular complexity index is 1030. The van der Waals surface area contributed by atoms with E-state index in [0.717, 1.165) is 36.8 Å². The van der Waals surface area contributed by atoms with Gasteiger partial charge in [0.15, 0.2) is 0 Å². The highest BCUT2D eigenvalue weighted by molar-refractivity contribution is 5.79. The first-order valence-electron chi connectivity index (χ1n) is 12.5. The molecule has 186 valence electrons. The Morgan fingerprint density at radius 1 is 1.06 bits per heavy atom. The number of fused-ring (bicyclic) bond motifs is 3. The predicted octanol–water partition coefficient (Wildman–Crippen LogP) is 4.85. The molecule has 1 atom stereocenters. The summed E-state index contributed by atoms with van der Waals surface area (Å²) in [6, 6.07) is 16.0. The van der Waals surface area contributed by atoms with E-state index in [1.807, 2.05) is 31.2 Å². The second kappa shape index (κ2) is 10.9. The van der Waals surface area contributed by atoms with Gasteiger partial charge in [-0.15, -0.1) is 0 Å². The van der Waals surface area contributed by atoms with Gasteiger partial charge in [0, 0.05) is 24.9 Å². The molecule has 0 saturated heterocycles. The highest BCUT2D eigenvalue weighted by atomic mass is 16.5. The third-order valence-electron chi connectivity index (χ3n) is 7.34. The number of hydrogen-bond donors (Lipinski definition) is 3. The Balaban J connectivity index is 1.30. The topological polar surface area (TPSA) is 105 Å². The number of hydrogen-bond acceptors (Lipinski definition) is 4. The van der Waals surface area contributed by atoms with Crippen molar-refractivity contribution in [2.45, 2.75) is 63.8 Å². The van der Waals surface area contributed by atoms with Crippen LogP contribution in [0.15, 0.2) is 48.5 Å². The zero-order valence-electron chi connectivity index (χ0n) is 20.2. The van der Waals surface area contributed by atoms with Crippen LogP contribution in [0, 0.1) is 5.41 Å². The van der Waals surface area contributed by atoms with Gasteiger partial charge in [-0.1, -0.05) is 68.3 Å². The van der Waals surface area contributed by atoms with Crippen molar-refractivity contribution in [3.05, 3.63) is 59.7 Å². The van der Waals surface area contributed by atoms with Crippen LogP contribution in [-0.2, 0) is 14.3 Å². The minimum atomic E-state index is -0.834. The molecule has 0 heterocycles. The maximum Gasteiger partial charge on any atom is 0.407 e. The van der Waals surface area contributed by atoms with E-state index in [1.165, 1.54) is 11.1 Å². The molecule has 1 fully saturated rings. The first-order chi connectivity index (χ1) is 16.9. The number of aliphatic carboxylic acids is 1. The molecule has 35 heavy (non-hydrogen) atoms. The number of rotatable bonds is 11. The summed E-state index contributed by atoms with van der Waals surface area (Å²) in [7, 11) is 0. The van der Waals surface area contributed by atoms with Crippen LogP contribution < -0.4 is 10.6 Å². The highest BCUT2D eigenvalue weighted by Crippen LogP contribution is 2.45. The normalized spacial score (nSPS) is 16.4. The van der Waals surface area contributed by atoms with E-state index in [0.29, 0.717) is 13.0 Å². The number of ether oxygens (including phenoxy) is 1. The molecular weight excluding hydrogens is 444 g/mol. The third-order valence-corrected chi connectivity index (χ3v) is 7.34. The molecule has 7 nitrogen and oxygen atoms in total. The van der Waals surface area contributed by atoms with Gasteiger partial charge in [-0.25, -0.2) is 4.79 Å². The molecule has 4 rings (SSSR count). The van der Waals surface area contributed by atoms with Gasteiger partial charge >= 0.3 is 12.1 Å². The van der Waals surface area contributed by atoms with Crippen LogP contribution in [0.2, 0.25) is 0 Å². The molecule has 0 aliphatic heterocycles. The summed E-state index contributed by atoms with van der Waals surface area (Å²) in [5.74, 6) is -1.03. The van der Waals surface area contributed by atoms with Crippen LogP contribution >= 0.6 is 0 Å². The number of nitrogens with one attached hydrogen (secondary N) is 2. The van der Waals surface area contributed by atoms with Crippen molar-refractivity contribution < 1.29 is 24.2 Å². The van der Waals surface area contributed by atoms with E-state index in [9.17, 15) is 14.4 Å². The van der Waals surface area contributed by atoms with Gasteiger partial charge < -0.3 is 20.5 Å². The Labute approximate surface area is 206 Å². The first-order valence-corrected chi connectivity index (χ1v) is 12.5. The first kappa shape index (κ1) is 24.8. The maximum absolute atomic E-state index is 12.7. The standard InChI is InChI=1S/C28H34N2O5/c1-2-8-19(15-25(31)29-18-28(13-7-14-28)16-26(32)33)30-27(34)35-17-24-22-11-5-3-9-20(22)21-10-4-6-12-23(21)24/h3-6,9-12,19,24H,2,7-8,13-18H2,1H3,(H,29,31)(H,30,34)(H,32,33)/t19-/m1/s1. The van der Waals surface area contributed by atoms with E-state index in [2.05, 4.69) is 34.9 Å². The molecule has 0 aromatic heterocycles. The number of amides is 2. The molecule has 2 aromatic rings. The van der Waals surface area contributed by atoms with Crippen molar-refractivity contribution in [2.75, 3.05) is 13.2 Å². The molecule has 0 bridgehead atoms. The zero-order chi connectivity index (χ0) is 24.8. The van der Waals surface area contributed by atoms with Crippen molar-refractivity contribution in [1.29, 1.82) is 0 Å². The molecule has 2 aliphatic rings. The minimum absolute atomic E-state index is 0.0195. The van der Waals surface area contributed by atoms with Gasteiger partial charge in [-0.3, -0.25) is 9.59 Å². The third kappa shape index (κ3) is 5.84. The van der Waals surface area contributed by atoms with Crippen LogP contribution in [0.4, 0.5) is 4.79 Å². The number of carboxylic acids is 1. The summed E-state index contributed by atoms with van der Waals surface area (Å²) in [5.41, 5.74) is 4.31. The number of carbonyl (C=O) groups is 3. The molecule has 7 heteroatoms. The van der Waals surface area contributed by atoms with Crippen molar-refractivity contribution in [2.24, 2.45) is 5.41 Å². The van der Waals surface area contributed by atoms with Crippen molar-refractivity contribution in [1.82, 2.24) is 10.6 Å². The van der Waals surface area contributed by atoms with E-state index in [1.54, 1.807) is 0 Å². The van der Waals surface area contributed by atoms with E-state index in [-0.39, 0.29) is 42.7 Å². The van der Waals surface area contributed by atoms with Gasteiger partial charge in [0.1, 0.15) is 6.61 Å². The van der Waals surface area contributed by atoms with E-state index in [4.69, 9.17) is 9.84 Å². The molecule has 3 N–H and O–H groups in total. The monoisotopic (exact) mass is 478 g/mol. The summed E-state index contributed by atoms with van der Waals surface area (Å²) in [4.78, 5) is 36.4. The summed E-state index contributed by atoms with van der Waals surface area (Å²) in [6.45, 7) is 2.59. The predicted molar refractivity (Wildman–Crippen MR) is 133 cm³/mol. The second-order valence-corrected chi connectivity index (χ2v) is 9.86. The fourth-order valence-electron chi connectivity index (χ4n) is 5.38. The van der Waals surface area contributed by atoms with Crippen LogP contribution in [0.3, 0.4) is 0 Å². The molecule has 0 spiro atoms. The van der Waals surface area contributed by atoms with E-state index < -0.39 is 12.1 Å². The Kier molecular flexibility index (Phi) is 7.73. The largest absolute Gasteiger partial charge is 0.481 e. The van der Waals surface area contributed by atoms with Gasteiger partial charge in [0.2, 0.25) is 5.91 Å². The Hall–Kier alpha value is -3.35. The molecule has 2 aromatic carbocycles. The van der Waals surface area contributed by atoms with E-state index >= 15 is 0 Å². The summed E-state index contributed by atoms with van der Waals surface area (Å²) >= 11 is 0. The minimum Gasteiger partial charge on any atom is -0.481 e. The fourth-order valence-corrected chi connectivity index (χ4v) is 5.38. The SMILES string of the molecule is CCC[C@H](CC(=O)NCC1(CC(=O)O)CCC1)NC(=O)OCC1c2ccccc2-c2ccccc21. The maximum atomic E-state index is 12.7. The quantitative estimate of drug-likeness (QED) is 0.428. The number of carbonyl (C=O) groups excluding carboxylic acids is 2. The second-order valence-electron chi connectivity index (χ2n) is 9.86. The number of alkyl carbamates (subject to hydrolysis) is 1. The van der Waals surface area contributed by atoms with Gasteiger partial charge in [0.25, 0.3) is 0 Å². The lowest BCUT2D eigenvalue weighted by Crippen LogP contribution is -2.45. The Morgan fingerprint density at radius 3 is 2.23 bits per heavy atom. The van der Waals surface area contributed by atoms with Crippen LogP contribution in [0.5, 0.6) is 0 Å². The molecule has 2 amide bonds. The molecule has 0 unspecified atom stereocenters. The van der Waals surface area contributed by atoms with Crippen LogP contribution in [-0.4, -0.2) is 42.3 Å². The smallest absolute Gasteiger partial charge is 0.407 e. The van der Waals surface area contributed by atoms with Gasteiger partial charge in [-0.2, -0.15) is 0 Å². The van der Waals surface area contributed by atoms with Crippen molar-refractivity contribution in [3.8, 4) is 11.1 Å². The molecule has 0 radical (unpaired) electrons. The molecule has 2 aliphatic carbocycles. The van der Waals surface area contributed by atoms with Crippen LogP contribution in [0.1, 0.15) is 68.9 Å². The summed E-state index contributed by atoms with van der Waals surface area (Å²) in [5, 5.41) is 14.9. The average molecular weight is 479 g/mol. The lowest BCUT2D eigenvalue weighted by molar-refractivity contribution is -0.141. The zero-order valence-corrected chi connectivity index (χ0v) is 20.2. The summed E-state index contributed by atoms with van der Waals surface area (Å²) < 4.78 is 5.64. The van der Waals surface area contributed by atoms with Gasteiger partial charge in [-0.05, 0) is 46.9 Å². The lowest BCUT2D eigenvalue weighted by atomic mass is 9.66. The highest BCUT2D eigenvalue weighted by Gasteiger charge is 2.39. The fraction of sp³-hybridized carbons (Fsp3) is 0.464. The molecule has 1 saturated carbocycles. The number of carboxylic acid groups (broad SMARTS) is 1. The Morgan fingerprint density at radius 2 is 1.69 bits per heavy atom. The molecular formula is C28H34N2O5. The summed E-state index contributed by atoms with van der Waals surface area (Å²) in [6.07, 6.45) is 3.77. The lowest BCUT2D eigenvalue weighted by Gasteiger charge is -2.40.